The predicted molar refractivity (Wildman–Crippen MR) is 105 cm³/mol. The van der Waals surface area contributed by atoms with Gasteiger partial charge in [0, 0.05) is 46.3 Å². The van der Waals surface area contributed by atoms with Crippen LogP contribution < -0.4 is 15.0 Å². The molecule has 1 saturated heterocycles. The SMILES string of the molecule is CCN(C)CCNC(=NC)N1CCN(c2ncc(Br)c(OC)n2)CC1. The van der Waals surface area contributed by atoms with Crippen LogP contribution in [0.1, 0.15) is 6.92 Å². The van der Waals surface area contributed by atoms with Gasteiger partial charge in [0.2, 0.25) is 11.8 Å². The fraction of sp³-hybridized carbons (Fsp3) is 0.688. The molecule has 140 valence electrons. The van der Waals surface area contributed by atoms with E-state index in [2.05, 4.69) is 64.9 Å². The van der Waals surface area contributed by atoms with Crippen molar-refractivity contribution in [2.24, 2.45) is 4.99 Å². The van der Waals surface area contributed by atoms with Gasteiger partial charge in [0.1, 0.15) is 0 Å². The average Bonchev–Trinajstić information content (AvgIpc) is 2.65. The van der Waals surface area contributed by atoms with Gasteiger partial charge in [0.05, 0.1) is 17.8 Å². The quantitative estimate of drug-likeness (QED) is 0.548. The third-order valence-corrected chi connectivity index (χ3v) is 4.83. The van der Waals surface area contributed by atoms with Gasteiger partial charge >= 0.3 is 0 Å². The van der Waals surface area contributed by atoms with E-state index in [1.807, 2.05) is 7.05 Å². The number of guanidine groups is 1. The summed E-state index contributed by atoms with van der Waals surface area (Å²) in [6.07, 6.45) is 1.73. The summed E-state index contributed by atoms with van der Waals surface area (Å²) < 4.78 is 6.02. The summed E-state index contributed by atoms with van der Waals surface area (Å²) in [6, 6.07) is 0. The van der Waals surface area contributed by atoms with E-state index in [4.69, 9.17) is 4.74 Å². The van der Waals surface area contributed by atoms with Crippen molar-refractivity contribution in [3.8, 4) is 5.88 Å². The van der Waals surface area contributed by atoms with Crippen LogP contribution in [0, 0.1) is 0 Å². The fourth-order valence-electron chi connectivity index (χ4n) is 2.61. The van der Waals surface area contributed by atoms with Gasteiger partial charge in [-0.1, -0.05) is 6.92 Å². The number of rotatable bonds is 6. The molecule has 0 unspecified atom stereocenters. The van der Waals surface area contributed by atoms with E-state index < -0.39 is 0 Å². The standard InChI is InChI=1S/C16H28BrN7O/c1-5-22(3)7-6-19-15(18-2)23-8-10-24(11-9-23)16-20-12-13(17)14(21-16)25-4/h12H,5-11H2,1-4H3,(H,18,19). The van der Waals surface area contributed by atoms with E-state index in [0.29, 0.717) is 11.8 Å². The molecule has 1 aromatic rings. The van der Waals surface area contributed by atoms with Crippen LogP contribution in [0.4, 0.5) is 5.95 Å². The first-order chi connectivity index (χ1) is 12.1. The second-order valence-corrected chi connectivity index (χ2v) is 6.73. The summed E-state index contributed by atoms with van der Waals surface area (Å²) in [4.78, 5) is 20.0. The molecule has 0 amide bonds. The van der Waals surface area contributed by atoms with Crippen LogP contribution in [0.5, 0.6) is 5.88 Å². The van der Waals surface area contributed by atoms with Gasteiger partial charge in [0.25, 0.3) is 0 Å². The van der Waals surface area contributed by atoms with Crippen LogP contribution in [0.3, 0.4) is 0 Å². The number of aliphatic imine (C=N–C) groups is 1. The predicted octanol–water partition coefficient (Wildman–Crippen LogP) is 0.897. The lowest BCUT2D eigenvalue weighted by Gasteiger charge is -2.36. The van der Waals surface area contributed by atoms with Crippen molar-refractivity contribution >= 4 is 27.8 Å². The third kappa shape index (κ3) is 5.43. The molecule has 0 saturated carbocycles. The molecule has 1 N–H and O–H groups in total. The second kappa shape index (κ2) is 9.76. The second-order valence-electron chi connectivity index (χ2n) is 5.87. The molecule has 1 fully saturated rings. The van der Waals surface area contributed by atoms with Crippen molar-refractivity contribution in [1.82, 2.24) is 25.1 Å². The van der Waals surface area contributed by atoms with E-state index in [1.54, 1.807) is 13.3 Å². The Kier molecular flexibility index (Phi) is 7.70. The third-order valence-electron chi connectivity index (χ3n) is 4.28. The molecule has 0 spiro atoms. The smallest absolute Gasteiger partial charge is 0.232 e. The number of nitrogens with zero attached hydrogens (tertiary/aromatic N) is 6. The Balaban J connectivity index is 1.87. The van der Waals surface area contributed by atoms with Gasteiger partial charge in [0.15, 0.2) is 5.96 Å². The number of nitrogens with one attached hydrogen (secondary N) is 1. The lowest BCUT2D eigenvalue weighted by atomic mass is 10.3. The monoisotopic (exact) mass is 413 g/mol. The van der Waals surface area contributed by atoms with Crippen molar-refractivity contribution in [3.63, 3.8) is 0 Å². The number of ether oxygens (including phenoxy) is 1. The van der Waals surface area contributed by atoms with Crippen molar-refractivity contribution < 1.29 is 4.74 Å². The van der Waals surface area contributed by atoms with Crippen molar-refractivity contribution in [1.29, 1.82) is 0 Å². The number of halogens is 1. The van der Waals surface area contributed by atoms with E-state index >= 15 is 0 Å². The van der Waals surface area contributed by atoms with Crippen molar-refractivity contribution in [2.45, 2.75) is 6.92 Å². The largest absolute Gasteiger partial charge is 0.480 e. The first kappa shape index (κ1) is 19.7. The first-order valence-corrected chi connectivity index (χ1v) is 9.34. The Bertz CT molecular complexity index is 576. The highest BCUT2D eigenvalue weighted by Crippen LogP contribution is 2.23. The van der Waals surface area contributed by atoms with Crippen molar-refractivity contribution in [2.75, 3.05) is 71.9 Å². The summed E-state index contributed by atoms with van der Waals surface area (Å²) in [7, 11) is 5.57. The summed E-state index contributed by atoms with van der Waals surface area (Å²) in [5.74, 6) is 2.22. The van der Waals surface area contributed by atoms with Gasteiger partial charge < -0.3 is 24.8 Å². The molecule has 1 aromatic heterocycles. The van der Waals surface area contributed by atoms with Crippen LogP contribution >= 0.6 is 15.9 Å². The molecule has 25 heavy (non-hydrogen) atoms. The molecule has 1 aliphatic heterocycles. The normalized spacial score (nSPS) is 15.7. The zero-order valence-corrected chi connectivity index (χ0v) is 17.1. The highest BCUT2D eigenvalue weighted by molar-refractivity contribution is 9.10. The molecule has 0 bridgehead atoms. The number of hydrogen-bond acceptors (Lipinski definition) is 6. The van der Waals surface area contributed by atoms with E-state index in [-0.39, 0.29) is 0 Å². The lowest BCUT2D eigenvalue weighted by Crippen LogP contribution is -2.53. The molecule has 0 atom stereocenters. The van der Waals surface area contributed by atoms with Gasteiger partial charge in [-0.25, -0.2) is 4.98 Å². The Hall–Kier alpha value is -1.61. The van der Waals surface area contributed by atoms with E-state index in [9.17, 15) is 0 Å². The zero-order chi connectivity index (χ0) is 18.2. The molecular weight excluding hydrogens is 386 g/mol. The topological polar surface area (TPSA) is 69.1 Å². The number of likely N-dealkylation sites (N-methyl/N-ethyl adjacent to an activating group) is 1. The van der Waals surface area contributed by atoms with Crippen LogP contribution in [-0.4, -0.2) is 92.7 Å². The lowest BCUT2D eigenvalue weighted by molar-refractivity contribution is 0.342. The van der Waals surface area contributed by atoms with Crippen LogP contribution in [0.2, 0.25) is 0 Å². The molecule has 9 heteroatoms. The average molecular weight is 414 g/mol. The van der Waals surface area contributed by atoms with Crippen LogP contribution in [0.25, 0.3) is 0 Å². The maximum absolute atomic E-state index is 5.26. The van der Waals surface area contributed by atoms with Gasteiger partial charge in [-0.05, 0) is 29.5 Å². The van der Waals surface area contributed by atoms with Gasteiger partial charge in [-0.15, -0.1) is 0 Å². The van der Waals surface area contributed by atoms with Crippen LogP contribution in [0.15, 0.2) is 15.7 Å². The molecule has 0 radical (unpaired) electrons. The minimum absolute atomic E-state index is 0.560. The maximum Gasteiger partial charge on any atom is 0.232 e. The Morgan fingerprint density at radius 3 is 2.72 bits per heavy atom. The number of hydrogen-bond donors (Lipinski definition) is 1. The maximum atomic E-state index is 5.26. The number of aromatic nitrogens is 2. The van der Waals surface area contributed by atoms with E-state index in [0.717, 1.165) is 56.2 Å². The Labute approximate surface area is 158 Å². The summed E-state index contributed by atoms with van der Waals surface area (Å²) in [5.41, 5.74) is 0. The minimum atomic E-state index is 0.560. The molecule has 0 aliphatic carbocycles. The van der Waals surface area contributed by atoms with Crippen molar-refractivity contribution in [3.05, 3.63) is 10.7 Å². The molecule has 1 aliphatic rings. The van der Waals surface area contributed by atoms with Gasteiger partial charge in [-0.2, -0.15) is 4.98 Å². The molecule has 0 aromatic carbocycles. The highest BCUT2D eigenvalue weighted by atomic mass is 79.9. The Morgan fingerprint density at radius 2 is 2.12 bits per heavy atom. The first-order valence-electron chi connectivity index (χ1n) is 8.54. The fourth-order valence-corrected chi connectivity index (χ4v) is 2.96. The molecule has 8 nitrogen and oxygen atoms in total. The van der Waals surface area contributed by atoms with Gasteiger partial charge in [-0.3, -0.25) is 4.99 Å². The van der Waals surface area contributed by atoms with Crippen LogP contribution in [-0.2, 0) is 0 Å². The zero-order valence-electron chi connectivity index (χ0n) is 15.5. The summed E-state index contributed by atoms with van der Waals surface area (Å²) >= 11 is 3.39. The molecular formula is C16H28BrN7O. The van der Waals surface area contributed by atoms with E-state index in [1.165, 1.54) is 0 Å². The summed E-state index contributed by atoms with van der Waals surface area (Å²) in [6.45, 7) is 8.56. The number of piperazine rings is 1. The number of methoxy groups -OCH3 is 1. The Morgan fingerprint density at radius 1 is 1.40 bits per heavy atom. The molecule has 2 rings (SSSR count). The summed E-state index contributed by atoms with van der Waals surface area (Å²) in [5, 5.41) is 3.44. The molecule has 2 heterocycles. The highest BCUT2D eigenvalue weighted by Gasteiger charge is 2.22. The minimum Gasteiger partial charge on any atom is -0.480 e. The number of anilines is 1.